The number of carbonyl (C=O) groups excluding carboxylic acids is 2. The lowest BCUT2D eigenvalue weighted by atomic mass is 9.93. The molecule has 2 fully saturated rings. The Bertz CT molecular complexity index is 1170. The van der Waals surface area contributed by atoms with Gasteiger partial charge in [0.2, 0.25) is 11.8 Å². The van der Waals surface area contributed by atoms with Crippen LogP contribution in [-0.2, 0) is 9.59 Å². The first kappa shape index (κ1) is 24.5. The van der Waals surface area contributed by atoms with Crippen molar-refractivity contribution < 1.29 is 9.59 Å². The van der Waals surface area contributed by atoms with Crippen LogP contribution in [0.2, 0.25) is 0 Å². The summed E-state index contributed by atoms with van der Waals surface area (Å²) < 4.78 is 0. The van der Waals surface area contributed by atoms with Gasteiger partial charge in [-0.3, -0.25) is 19.4 Å². The summed E-state index contributed by atoms with van der Waals surface area (Å²) in [4.78, 5) is 35.5. The summed E-state index contributed by atoms with van der Waals surface area (Å²) in [5.74, 6) is 0.741. The highest BCUT2D eigenvalue weighted by Gasteiger charge is 2.27. The molecule has 7 nitrogen and oxygen atoms in total. The fraction of sp³-hybridized carbons (Fsp3) is 0.448. The highest BCUT2D eigenvalue weighted by molar-refractivity contribution is 5.93. The zero-order valence-electron chi connectivity index (χ0n) is 21.4. The number of para-hydroxylation sites is 2. The number of rotatable bonds is 6. The van der Waals surface area contributed by atoms with E-state index in [-0.39, 0.29) is 11.8 Å². The van der Waals surface area contributed by atoms with Crippen LogP contribution in [0.15, 0.2) is 48.5 Å². The normalized spacial score (nSPS) is 18.0. The molecular weight excluding hydrogens is 450 g/mol. The van der Waals surface area contributed by atoms with Crippen molar-refractivity contribution >= 4 is 28.4 Å². The number of anilines is 1. The van der Waals surface area contributed by atoms with E-state index in [0.29, 0.717) is 32.1 Å². The number of nitrogens with zero attached hydrogens (tertiary/aromatic N) is 3. The molecule has 1 aromatic heterocycles. The van der Waals surface area contributed by atoms with Crippen molar-refractivity contribution in [2.24, 2.45) is 0 Å². The van der Waals surface area contributed by atoms with E-state index in [2.05, 4.69) is 50.4 Å². The first-order valence-corrected chi connectivity index (χ1v) is 13.1. The van der Waals surface area contributed by atoms with Crippen LogP contribution in [0.3, 0.4) is 0 Å². The number of aromatic nitrogens is 1. The maximum Gasteiger partial charge on any atom is 0.238 e. The lowest BCUT2D eigenvalue weighted by Crippen LogP contribution is -2.53. The van der Waals surface area contributed by atoms with Gasteiger partial charge >= 0.3 is 0 Å². The minimum Gasteiger partial charge on any atom is -0.358 e. The second-order valence-electron chi connectivity index (χ2n) is 10.3. The second kappa shape index (κ2) is 10.8. The van der Waals surface area contributed by atoms with Crippen molar-refractivity contribution in [1.82, 2.24) is 19.7 Å². The predicted molar refractivity (Wildman–Crippen MR) is 144 cm³/mol. The number of hydrogen-bond donors (Lipinski definition) is 2. The summed E-state index contributed by atoms with van der Waals surface area (Å²) in [6.07, 6.45) is 2.15. The van der Waals surface area contributed by atoms with Gasteiger partial charge < -0.3 is 15.2 Å². The lowest BCUT2D eigenvalue weighted by Gasteiger charge is -2.37. The Morgan fingerprint density at radius 1 is 0.861 bits per heavy atom. The van der Waals surface area contributed by atoms with Crippen molar-refractivity contribution in [3.63, 3.8) is 0 Å². The van der Waals surface area contributed by atoms with Crippen LogP contribution in [0.25, 0.3) is 10.9 Å². The molecule has 7 heteroatoms. The average Bonchev–Trinajstić information content (AvgIpc) is 3.32. The van der Waals surface area contributed by atoms with E-state index < -0.39 is 0 Å². The van der Waals surface area contributed by atoms with Crippen molar-refractivity contribution in [2.75, 3.05) is 57.7 Å². The SMILES string of the molecule is Cc1cccc(C)c1NC(=O)CN1CCN(C(=O)CN2CCC(c3cc4ccccc4[nH]3)CC2)CC1. The van der Waals surface area contributed by atoms with Gasteiger partial charge in [0.25, 0.3) is 0 Å². The van der Waals surface area contributed by atoms with Crippen molar-refractivity contribution in [2.45, 2.75) is 32.6 Å². The van der Waals surface area contributed by atoms with Crippen LogP contribution in [0.5, 0.6) is 0 Å². The van der Waals surface area contributed by atoms with Crippen molar-refractivity contribution in [3.8, 4) is 0 Å². The maximum atomic E-state index is 13.0. The second-order valence-corrected chi connectivity index (χ2v) is 10.3. The summed E-state index contributed by atoms with van der Waals surface area (Å²) in [5.41, 5.74) is 5.57. The Kier molecular flexibility index (Phi) is 7.39. The first-order valence-electron chi connectivity index (χ1n) is 13.1. The number of nitrogens with one attached hydrogen (secondary N) is 2. The van der Waals surface area contributed by atoms with Gasteiger partial charge in [0.15, 0.2) is 0 Å². The Morgan fingerprint density at radius 3 is 2.22 bits per heavy atom. The number of piperazine rings is 1. The molecular formula is C29H37N5O2. The zero-order valence-corrected chi connectivity index (χ0v) is 21.4. The van der Waals surface area contributed by atoms with E-state index in [1.54, 1.807) is 0 Å². The minimum atomic E-state index is 0.00464. The molecule has 0 atom stereocenters. The van der Waals surface area contributed by atoms with E-state index in [1.165, 1.54) is 16.6 Å². The van der Waals surface area contributed by atoms with Gasteiger partial charge in [-0.05, 0) is 68.4 Å². The molecule has 2 aliphatic rings. The summed E-state index contributed by atoms with van der Waals surface area (Å²) >= 11 is 0. The van der Waals surface area contributed by atoms with Gasteiger partial charge in [0, 0.05) is 49.0 Å². The van der Waals surface area contributed by atoms with Crippen molar-refractivity contribution in [3.05, 3.63) is 65.4 Å². The van der Waals surface area contributed by atoms with E-state index in [0.717, 1.165) is 55.8 Å². The molecule has 2 aromatic carbocycles. The number of H-pyrrole nitrogens is 1. The molecule has 2 N–H and O–H groups in total. The first-order chi connectivity index (χ1) is 17.5. The highest BCUT2D eigenvalue weighted by Crippen LogP contribution is 2.30. The van der Waals surface area contributed by atoms with E-state index in [4.69, 9.17) is 0 Å². The van der Waals surface area contributed by atoms with Crippen LogP contribution >= 0.6 is 0 Å². The van der Waals surface area contributed by atoms with Crippen LogP contribution in [0.4, 0.5) is 5.69 Å². The largest absolute Gasteiger partial charge is 0.358 e. The molecule has 0 aliphatic carbocycles. The molecule has 0 spiro atoms. The number of aryl methyl sites for hydroxylation is 2. The van der Waals surface area contributed by atoms with E-state index in [9.17, 15) is 9.59 Å². The molecule has 0 unspecified atom stereocenters. The van der Waals surface area contributed by atoms with Crippen molar-refractivity contribution in [1.29, 1.82) is 0 Å². The summed E-state index contributed by atoms with van der Waals surface area (Å²) in [7, 11) is 0. The Balaban J connectivity index is 1.04. The van der Waals surface area contributed by atoms with Crippen LogP contribution in [-0.4, -0.2) is 83.9 Å². The van der Waals surface area contributed by atoms with Gasteiger partial charge in [0.05, 0.1) is 13.1 Å². The van der Waals surface area contributed by atoms with E-state index in [1.807, 2.05) is 36.9 Å². The molecule has 0 bridgehead atoms. The van der Waals surface area contributed by atoms with Gasteiger partial charge in [-0.25, -0.2) is 0 Å². The third kappa shape index (κ3) is 5.63. The highest BCUT2D eigenvalue weighted by atomic mass is 16.2. The number of piperidine rings is 1. The topological polar surface area (TPSA) is 71.7 Å². The maximum absolute atomic E-state index is 13.0. The average molecular weight is 488 g/mol. The molecule has 5 rings (SSSR count). The Morgan fingerprint density at radius 2 is 1.53 bits per heavy atom. The number of amides is 2. The molecule has 190 valence electrons. The monoisotopic (exact) mass is 487 g/mol. The molecule has 0 saturated carbocycles. The number of aromatic amines is 1. The van der Waals surface area contributed by atoms with Crippen LogP contribution < -0.4 is 5.32 Å². The summed E-state index contributed by atoms with van der Waals surface area (Å²) in [5, 5.41) is 4.34. The van der Waals surface area contributed by atoms with E-state index >= 15 is 0 Å². The van der Waals surface area contributed by atoms with Gasteiger partial charge in [-0.1, -0.05) is 36.4 Å². The fourth-order valence-electron chi connectivity index (χ4n) is 5.56. The number of likely N-dealkylation sites (tertiary alicyclic amines) is 1. The molecule has 36 heavy (non-hydrogen) atoms. The van der Waals surface area contributed by atoms with Gasteiger partial charge in [-0.2, -0.15) is 0 Å². The molecule has 2 aliphatic heterocycles. The fourth-order valence-corrected chi connectivity index (χ4v) is 5.56. The lowest BCUT2D eigenvalue weighted by molar-refractivity contribution is -0.134. The van der Waals surface area contributed by atoms with Crippen LogP contribution in [0.1, 0.15) is 35.6 Å². The number of fused-ring (bicyclic) bond motifs is 1. The molecule has 3 aromatic rings. The number of hydrogen-bond acceptors (Lipinski definition) is 4. The standard InChI is InChI=1S/C29H37N5O2/c1-21-6-5-7-22(2)29(21)31-27(35)19-33-14-16-34(17-15-33)28(36)20-32-12-10-23(11-13-32)26-18-24-8-3-4-9-25(24)30-26/h3-9,18,23,30H,10-17,19-20H2,1-2H3,(H,31,35). The number of carbonyl (C=O) groups is 2. The Labute approximate surface area is 213 Å². The smallest absolute Gasteiger partial charge is 0.238 e. The summed E-state index contributed by atoms with van der Waals surface area (Å²) in [6.45, 7) is 9.59. The predicted octanol–water partition coefficient (Wildman–Crippen LogP) is 3.75. The summed E-state index contributed by atoms with van der Waals surface area (Å²) in [6, 6.07) is 16.7. The molecule has 2 saturated heterocycles. The zero-order chi connectivity index (χ0) is 25.1. The third-order valence-electron chi connectivity index (χ3n) is 7.77. The molecule has 2 amide bonds. The Hall–Kier alpha value is -3.16. The quantitative estimate of drug-likeness (QED) is 0.556. The van der Waals surface area contributed by atoms with Crippen LogP contribution in [0, 0.1) is 13.8 Å². The third-order valence-corrected chi connectivity index (χ3v) is 7.77. The number of benzene rings is 2. The molecule has 0 radical (unpaired) electrons. The van der Waals surface area contributed by atoms with Gasteiger partial charge in [0.1, 0.15) is 0 Å². The molecule has 3 heterocycles. The minimum absolute atomic E-state index is 0.00464. The van der Waals surface area contributed by atoms with Gasteiger partial charge in [-0.15, -0.1) is 0 Å².